The van der Waals surface area contributed by atoms with Crippen LogP contribution in [0, 0.1) is 11.3 Å². The highest BCUT2D eigenvalue weighted by Crippen LogP contribution is 1.95. The molecule has 0 aromatic carbocycles. The molecule has 0 aliphatic rings. The number of allylic oxidation sites excluding steroid dienone is 2. The molecule has 1 heteroatoms. The van der Waals surface area contributed by atoms with Crippen LogP contribution in [0.5, 0.6) is 0 Å². The van der Waals surface area contributed by atoms with Crippen molar-refractivity contribution in [3.8, 4) is 6.07 Å². The lowest BCUT2D eigenvalue weighted by atomic mass is 10.2. The van der Waals surface area contributed by atoms with E-state index in [2.05, 4.69) is 13.0 Å². The summed E-state index contributed by atoms with van der Waals surface area (Å²) in [4.78, 5) is 0. The molecule has 0 atom stereocenters. The van der Waals surface area contributed by atoms with Crippen molar-refractivity contribution >= 4 is 0 Å². The van der Waals surface area contributed by atoms with Crippen LogP contribution in [0.25, 0.3) is 0 Å². The van der Waals surface area contributed by atoms with Crippen LogP contribution in [0.3, 0.4) is 0 Å². The standard InChI is InChI=1S/C6H11N.C4H8/c1-2-3-4-5-6-7;1-3-4-2/h2-5H2,1H3;3-4H,1-2H3. The van der Waals surface area contributed by atoms with Gasteiger partial charge in [0.25, 0.3) is 0 Å². The van der Waals surface area contributed by atoms with Gasteiger partial charge in [-0.25, -0.2) is 0 Å². The van der Waals surface area contributed by atoms with Gasteiger partial charge >= 0.3 is 0 Å². The number of hydrogen-bond acceptors (Lipinski definition) is 1. The molecule has 1 nitrogen and oxygen atoms in total. The number of nitriles is 1. The summed E-state index contributed by atoms with van der Waals surface area (Å²) < 4.78 is 0. The quantitative estimate of drug-likeness (QED) is 0.448. The Labute approximate surface area is 70.7 Å². The molecule has 0 fully saturated rings. The van der Waals surface area contributed by atoms with Crippen LogP contribution in [0.15, 0.2) is 12.2 Å². The third kappa shape index (κ3) is 27.0. The Morgan fingerprint density at radius 1 is 1.18 bits per heavy atom. The van der Waals surface area contributed by atoms with Gasteiger partial charge in [0, 0.05) is 6.42 Å². The maximum Gasteiger partial charge on any atom is 0.0621 e. The van der Waals surface area contributed by atoms with Gasteiger partial charge in [-0.05, 0) is 20.3 Å². The highest BCUT2D eigenvalue weighted by Gasteiger charge is 1.79. The zero-order valence-corrected chi connectivity index (χ0v) is 7.93. The molecule has 0 unspecified atom stereocenters. The highest BCUT2D eigenvalue weighted by molar-refractivity contribution is 4.68. The summed E-state index contributed by atoms with van der Waals surface area (Å²) in [6.45, 7) is 6.14. The van der Waals surface area contributed by atoms with Crippen LogP contribution in [-0.2, 0) is 0 Å². The predicted molar refractivity (Wildman–Crippen MR) is 50.2 cm³/mol. The monoisotopic (exact) mass is 153 g/mol. The van der Waals surface area contributed by atoms with Crippen LogP contribution in [0.1, 0.15) is 46.5 Å². The lowest BCUT2D eigenvalue weighted by molar-refractivity contribution is 0.734. The van der Waals surface area contributed by atoms with E-state index >= 15 is 0 Å². The molecule has 11 heavy (non-hydrogen) atoms. The minimum absolute atomic E-state index is 0.730. The minimum Gasteiger partial charge on any atom is -0.198 e. The molecule has 0 N–H and O–H groups in total. The summed E-state index contributed by atoms with van der Waals surface area (Å²) in [5.41, 5.74) is 0. The van der Waals surface area contributed by atoms with Gasteiger partial charge < -0.3 is 0 Å². The molecule has 0 amide bonds. The zero-order chi connectivity index (χ0) is 8.95. The second-order valence-electron chi connectivity index (χ2n) is 2.28. The maximum atomic E-state index is 8.04. The van der Waals surface area contributed by atoms with Gasteiger partial charge in [-0.2, -0.15) is 5.26 Å². The number of unbranched alkanes of at least 4 members (excludes halogenated alkanes) is 3. The molecule has 0 spiro atoms. The SMILES string of the molecule is CC=CC.CCCCCC#N. The van der Waals surface area contributed by atoms with Gasteiger partial charge in [0.1, 0.15) is 0 Å². The van der Waals surface area contributed by atoms with Crippen LogP contribution in [0.4, 0.5) is 0 Å². The van der Waals surface area contributed by atoms with Gasteiger partial charge in [0.15, 0.2) is 0 Å². The average molecular weight is 153 g/mol. The fourth-order valence-electron chi connectivity index (χ4n) is 0.454. The Balaban J connectivity index is 0. The van der Waals surface area contributed by atoms with E-state index in [1.165, 1.54) is 12.8 Å². The van der Waals surface area contributed by atoms with Crippen molar-refractivity contribution in [1.29, 1.82) is 5.26 Å². The van der Waals surface area contributed by atoms with Gasteiger partial charge in [0.05, 0.1) is 6.07 Å². The molecular weight excluding hydrogens is 134 g/mol. The predicted octanol–water partition coefficient (Wildman–Crippen LogP) is 3.67. The van der Waals surface area contributed by atoms with E-state index in [-0.39, 0.29) is 0 Å². The molecule has 0 saturated heterocycles. The summed E-state index contributed by atoms with van der Waals surface area (Å²) >= 11 is 0. The summed E-state index contributed by atoms with van der Waals surface area (Å²) in [6, 6.07) is 2.10. The van der Waals surface area contributed by atoms with Crippen molar-refractivity contribution < 1.29 is 0 Å². The van der Waals surface area contributed by atoms with E-state index in [1.54, 1.807) is 0 Å². The molecule has 0 heterocycles. The van der Waals surface area contributed by atoms with E-state index in [0.29, 0.717) is 0 Å². The van der Waals surface area contributed by atoms with Crippen molar-refractivity contribution in [1.82, 2.24) is 0 Å². The van der Waals surface area contributed by atoms with Crippen LogP contribution < -0.4 is 0 Å². The molecule has 0 aromatic heterocycles. The Kier molecular flexibility index (Phi) is 18.8. The Bertz CT molecular complexity index is 105. The summed E-state index contributed by atoms with van der Waals surface area (Å²) in [5, 5.41) is 8.04. The topological polar surface area (TPSA) is 23.8 Å². The fourth-order valence-corrected chi connectivity index (χ4v) is 0.454. The maximum absolute atomic E-state index is 8.04. The van der Waals surface area contributed by atoms with Crippen molar-refractivity contribution in [3.63, 3.8) is 0 Å². The summed E-state index contributed by atoms with van der Waals surface area (Å²) in [5.74, 6) is 0. The molecule has 0 rings (SSSR count). The summed E-state index contributed by atoms with van der Waals surface area (Å²) in [7, 11) is 0. The van der Waals surface area contributed by atoms with E-state index in [9.17, 15) is 0 Å². The smallest absolute Gasteiger partial charge is 0.0621 e. The van der Waals surface area contributed by atoms with Crippen LogP contribution >= 0.6 is 0 Å². The lowest BCUT2D eigenvalue weighted by Gasteiger charge is -1.84. The Morgan fingerprint density at radius 3 is 2.00 bits per heavy atom. The molecular formula is C10H19N. The van der Waals surface area contributed by atoms with E-state index in [0.717, 1.165) is 12.8 Å². The van der Waals surface area contributed by atoms with Crippen LogP contribution in [-0.4, -0.2) is 0 Å². The molecule has 0 radical (unpaired) electrons. The van der Waals surface area contributed by atoms with Gasteiger partial charge in [-0.3, -0.25) is 0 Å². The van der Waals surface area contributed by atoms with Gasteiger partial charge in [0.2, 0.25) is 0 Å². The van der Waals surface area contributed by atoms with Gasteiger partial charge in [-0.1, -0.05) is 31.9 Å². The number of hydrogen-bond donors (Lipinski definition) is 0. The molecule has 0 aromatic rings. The van der Waals surface area contributed by atoms with Crippen molar-refractivity contribution in [3.05, 3.63) is 12.2 Å². The largest absolute Gasteiger partial charge is 0.198 e. The summed E-state index contributed by atoms with van der Waals surface area (Å²) in [6.07, 6.45) is 8.22. The minimum atomic E-state index is 0.730. The van der Waals surface area contributed by atoms with Crippen molar-refractivity contribution in [2.45, 2.75) is 46.5 Å². The third-order valence-electron chi connectivity index (χ3n) is 1.23. The highest BCUT2D eigenvalue weighted by atomic mass is 14.2. The first-order chi connectivity index (χ1) is 5.33. The Hall–Kier alpha value is -0.770. The number of nitrogens with zero attached hydrogens (tertiary/aromatic N) is 1. The van der Waals surface area contributed by atoms with Crippen molar-refractivity contribution in [2.24, 2.45) is 0 Å². The first kappa shape index (κ1) is 12.9. The third-order valence-corrected chi connectivity index (χ3v) is 1.23. The zero-order valence-electron chi connectivity index (χ0n) is 7.93. The van der Waals surface area contributed by atoms with Crippen LogP contribution in [0.2, 0.25) is 0 Å². The molecule has 0 aliphatic heterocycles. The first-order valence-corrected chi connectivity index (χ1v) is 4.27. The number of rotatable bonds is 3. The van der Waals surface area contributed by atoms with Crippen molar-refractivity contribution in [2.75, 3.05) is 0 Å². The first-order valence-electron chi connectivity index (χ1n) is 4.27. The van der Waals surface area contributed by atoms with E-state index in [4.69, 9.17) is 5.26 Å². The van der Waals surface area contributed by atoms with Gasteiger partial charge in [-0.15, -0.1) is 0 Å². The molecule has 64 valence electrons. The molecule has 0 aliphatic carbocycles. The second-order valence-corrected chi connectivity index (χ2v) is 2.28. The molecule has 0 saturated carbocycles. The lowest BCUT2D eigenvalue weighted by Crippen LogP contribution is -1.68. The normalized spacial score (nSPS) is 8.55. The molecule has 0 bridgehead atoms. The second kappa shape index (κ2) is 16.1. The fraction of sp³-hybridized carbons (Fsp3) is 0.700. The average Bonchev–Trinajstić information content (AvgIpc) is 2.06. The Morgan fingerprint density at radius 2 is 1.73 bits per heavy atom. The van der Waals surface area contributed by atoms with E-state index in [1.807, 2.05) is 26.0 Å². The van der Waals surface area contributed by atoms with E-state index < -0.39 is 0 Å².